The number of aromatic nitrogens is 2. The van der Waals surface area contributed by atoms with E-state index in [4.69, 9.17) is 11.6 Å². The smallest absolute Gasteiger partial charge is 0.286 e. The van der Waals surface area contributed by atoms with Gasteiger partial charge in [-0.25, -0.2) is 4.39 Å². The fourth-order valence-electron chi connectivity index (χ4n) is 1.69. The lowest BCUT2D eigenvalue weighted by molar-refractivity contribution is 0.102. The van der Waals surface area contributed by atoms with Crippen molar-refractivity contribution in [3.05, 3.63) is 62.5 Å². The van der Waals surface area contributed by atoms with Gasteiger partial charge in [-0.2, -0.15) is 11.3 Å². The lowest BCUT2D eigenvalue weighted by Gasteiger charge is -2.01. The number of halogens is 2. The first-order valence-corrected chi connectivity index (χ1v) is 8.56. The molecule has 4 nitrogen and oxygen atoms in total. The normalized spacial score (nSPS) is 11.5. The number of hydrogen-bond donors (Lipinski definition) is 1. The summed E-state index contributed by atoms with van der Waals surface area (Å²) >= 11 is 8.84. The van der Waals surface area contributed by atoms with Gasteiger partial charge in [-0.1, -0.05) is 22.9 Å². The van der Waals surface area contributed by atoms with Gasteiger partial charge in [0.2, 0.25) is 5.01 Å². The summed E-state index contributed by atoms with van der Waals surface area (Å²) in [5.41, 5.74) is 1.44. The minimum Gasteiger partial charge on any atom is -0.320 e. The Balaban J connectivity index is 1.73. The molecule has 8 heteroatoms. The SMILES string of the molecule is O=C(Nc1ccc(F)cc1)c1nnc(/C(Cl)=C/c2ccsc2)s1. The topological polar surface area (TPSA) is 54.9 Å². The maximum absolute atomic E-state index is 12.8. The van der Waals surface area contributed by atoms with Crippen LogP contribution in [0.15, 0.2) is 41.1 Å². The summed E-state index contributed by atoms with van der Waals surface area (Å²) in [5, 5.41) is 15.3. The third-order valence-electron chi connectivity index (χ3n) is 2.76. The van der Waals surface area contributed by atoms with Crippen LogP contribution in [0.3, 0.4) is 0 Å². The highest BCUT2D eigenvalue weighted by molar-refractivity contribution is 7.15. The van der Waals surface area contributed by atoms with Gasteiger partial charge in [-0.15, -0.1) is 10.2 Å². The van der Waals surface area contributed by atoms with Gasteiger partial charge < -0.3 is 5.32 Å². The van der Waals surface area contributed by atoms with Crippen LogP contribution in [0, 0.1) is 5.82 Å². The van der Waals surface area contributed by atoms with Crippen LogP contribution in [-0.4, -0.2) is 16.1 Å². The first kappa shape index (κ1) is 15.8. The molecule has 1 aromatic carbocycles. The van der Waals surface area contributed by atoms with Crippen molar-refractivity contribution in [1.29, 1.82) is 0 Å². The summed E-state index contributed by atoms with van der Waals surface area (Å²) in [4.78, 5) is 12.1. The molecule has 23 heavy (non-hydrogen) atoms. The summed E-state index contributed by atoms with van der Waals surface area (Å²) in [6.07, 6.45) is 1.76. The summed E-state index contributed by atoms with van der Waals surface area (Å²) in [7, 11) is 0. The molecular weight excluding hydrogens is 357 g/mol. The number of thiophene rings is 1. The van der Waals surface area contributed by atoms with Crippen molar-refractivity contribution in [2.24, 2.45) is 0 Å². The second kappa shape index (κ2) is 6.99. The molecule has 0 unspecified atom stereocenters. The van der Waals surface area contributed by atoms with Crippen molar-refractivity contribution in [3.8, 4) is 0 Å². The Morgan fingerprint density at radius 3 is 2.61 bits per heavy atom. The van der Waals surface area contributed by atoms with Crippen molar-refractivity contribution >= 4 is 57.0 Å². The van der Waals surface area contributed by atoms with E-state index in [0.29, 0.717) is 15.7 Å². The number of benzene rings is 1. The molecule has 2 heterocycles. The number of rotatable bonds is 4. The first-order valence-electron chi connectivity index (χ1n) is 6.42. The Morgan fingerprint density at radius 2 is 1.91 bits per heavy atom. The second-order valence-electron chi connectivity index (χ2n) is 4.42. The number of hydrogen-bond acceptors (Lipinski definition) is 5. The minimum atomic E-state index is -0.416. The Kier molecular flexibility index (Phi) is 4.80. The molecule has 0 saturated carbocycles. The Morgan fingerprint density at radius 1 is 1.17 bits per heavy atom. The van der Waals surface area contributed by atoms with Gasteiger partial charge in [0.05, 0.1) is 5.03 Å². The number of carbonyl (C=O) groups is 1. The maximum Gasteiger partial charge on any atom is 0.286 e. The molecule has 116 valence electrons. The molecule has 0 saturated heterocycles. The molecule has 0 aliphatic rings. The third-order valence-corrected chi connectivity index (χ3v) is 4.82. The highest BCUT2D eigenvalue weighted by Crippen LogP contribution is 2.26. The van der Waals surface area contributed by atoms with E-state index in [2.05, 4.69) is 15.5 Å². The molecule has 0 bridgehead atoms. The van der Waals surface area contributed by atoms with E-state index in [1.54, 1.807) is 17.4 Å². The number of nitrogens with one attached hydrogen (secondary N) is 1. The number of carbonyl (C=O) groups excluding carboxylic acids is 1. The van der Waals surface area contributed by atoms with E-state index in [-0.39, 0.29) is 10.8 Å². The number of anilines is 1. The molecule has 0 fully saturated rings. The van der Waals surface area contributed by atoms with E-state index in [9.17, 15) is 9.18 Å². The molecule has 2 aromatic heterocycles. The highest BCUT2D eigenvalue weighted by atomic mass is 35.5. The molecule has 3 aromatic rings. The monoisotopic (exact) mass is 365 g/mol. The molecule has 0 aliphatic heterocycles. The molecule has 0 radical (unpaired) electrons. The highest BCUT2D eigenvalue weighted by Gasteiger charge is 2.14. The molecule has 0 aliphatic carbocycles. The largest absolute Gasteiger partial charge is 0.320 e. The van der Waals surface area contributed by atoms with Gasteiger partial charge in [0, 0.05) is 5.69 Å². The maximum atomic E-state index is 12.8. The van der Waals surface area contributed by atoms with Gasteiger partial charge in [0.25, 0.3) is 5.91 Å². The molecule has 1 amide bonds. The summed E-state index contributed by atoms with van der Waals surface area (Å²) < 4.78 is 12.8. The van der Waals surface area contributed by atoms with Crippen LogP contribution in [0.5, 0.6) is 0 Å². The van der Waals surface area contributed by atoms with E-state index in [0.717, 1.165) is 16.9 Å². The average Bonchev–Trinajstić information content (AvgIpc) is 3.20. The van der Waals surface area contributed by atoms with Crippen LogP contribution in [0.4, 0.5) is 10.1 Å². The summed E-state index contributed by atoms with van der Waals surface area (Å²) in [6.45, 7) is 0. The van der Waals surface area contributed by atoms with Crippen LogP contribution in [-0.2, 0) is 0 Å². The van der Waals surface area contributed by atoms with E-state index in [1.165, 1.54) is 24.3 Å². The van der Waals surface area contributed by atoms with E-state index < -0.39 is 5.91 Å². The number of amides is 1. The average molecular weight is 366 g/mol. The third kappa shape index (κ3) is 4.01. The van der Waals surface area contributed by atoms with Crippen LogP contribution < -0.4 is 5.32 Å². The predicted octanol–water partition coefficient (Wildman–Crippen LogP) is 4.73. The fraction of sp³-hybridized carbons (Fsp3) is 0. The van der Waals surface area contributed by atoms with Crippen LogP contribution >= 0.6 is 34.3 Å². The van der Waals surface area contributed by atoms with Crippen molar-refractivity contribution in [2.45, 2.75) is 0 Å². The predicted molar refractivity (Wildman–Crippen MR) is 92.3 cm³/mol. The van der Waals surface area contributed by atoms with Gasteiger partial charge >= 0.3 is 0 Å². The zero-order valence-corrected chi connectivity index (χ0v) is 13.9. The van der Waals surface area contributed by atoms with E-state index >= 15 is 0 Å². The van der Waals surface area contributed by atoms with Gasteiger partial charge in [0.15, 0.2) is 5.01 Å². The lowest BCUT2D eigenvalue weighted by Crippen LogP contribution is -2.11. The van der Waals surface area contributed by atoms with Crippen molar-refractivity contribution in [2.75, 3.05) is 5.32 Å². The molecule has 0 spiro atoms. The lowest BCUT2D eigenvalue weighted by atomic mass is 10.3. The Hall–Kier alpha value is -2.09. The van der Waals surface area contributed by atoms with E-state index in [1.807, 2.05) is 16.8 Å². The van der Waals surface area contributed by atoms with Gasteiger partial charge in [-0.05, 0) is 52.7 Å². The first-order chi connectivity index (χ1) is 11.1. The fourth-order valence-corrected chi connectivity index (χ4v) is 3.24. The second-order valence-corrected chi connectivity index (χ2v) is 6.59. The van der Waals surface area contributed by atoms with Crippen molar-refractivity contribution in [1.82, 2.24) is 10.2 Å². The summed E-state index contributed by atoms with van der Waals surface area (Å²) in [6, 6.07) is 7.40. The Labute approximate surface area is 144 Å². The molecule has 1 N–H and O–H groups in total. The van der Waals surface area contributed by atoms with Gasteiger partial charge in [-0.3, -0.25) is 4.79 Å². The Bertz CT molecular complexity index is 844. The summed E-state index contributed by atoms with van der Waals surface area (Å²) in [5.74, 6) is -0.785. The quantitative estimate of drug-likeness (QED) is 0.727. The standard InChI is InChI=1S/C15H9ClFN3OS2/c16-12(7-9-5-6-22-8-9)14-19-20-15(23-14)13(21)18-11-3-1-10(17)2-4-11/h1-8H,(H,18,21)/b12-7-. The zero-order chi connectivity index (χ0) is 16.2. The van der Waals surface area contributed by atoms with Gasteiger partial charge in [0.1, 0.15) is 5.82 Å². The number of nitrogens with zero attached hydrogens (tertiary/aromatic N) is 2. The minimum absolute atomic E-state index is 0.182. The van der Waals surface area contributed by atoms with Crippen LogP contribution in [0.25, 0.3) is 11.1 Å². The zero-order valence-electron chi connectivity index (χ0n) is 11.5. The molecule has 3 rings (SSSR count). The van der Waals surface area contributed by atoms with Crippen molar-refractivity contribution < 1.29 is 9.18 Å². The van der Waals surface area contributed by atoms with Crippen LogP contribution in [0.2, 0.25) is 0 Å². The molecule has 0 atom stereocenters. The van der Waals surface area contributed by atoms with Crippen molar-refractivity contribution in [3.63, 3.8) is 0 Å². The van der Waals surface area contributed by atoms with Crippen LogP contribution in [0.1, 0.15) is 20.4 Å². The molecular formula is C15H9ClFN3OS2.